The van der Waals surface area contributed by atoms with Crippen molar-refractivity contribution in [2.75, 3.05) is 5.32 Å². The lowest BCUT2D eigenvalue weighted by molar-refractivity contribution is 0.607. The molecule has 5 heteroatoms. The van der Waals surface area contributed by atoms with Crippen molar-refractivity contribution in [2.24, 2.45) is 0 Å². The van der Waals surface area contributed by atoms with Gasteiger partial charge in [-0.2, -0.15) is 0 Å². The molecule has 1 aromatic heterocycles. The molecule has 0 bridgehead atoms. The van der Waals surface area contributed by atoms with E-state index in [0.29, 0.717) is 17.7 Å². The van der Waals surface area contributed by atoms with Gasteiger partial charge in [-0.15, -0.1) is 0 Å². The Kier molecular flexibility index (Phi) is 3.71. The number of imidazole rings is 1. The number of anilines is 2. The number of nitrogens with zero attached hydrogens (tertiary/aromatic N) is 2. The van der Waals surface area contributed by atoms with Gasteiger partial charge in [0.2, 0.25) is 5.95 Å². The highest BCUT2D eigenvalue weighted by molar-refractivity contribution is 9.10. The van der Waals surface area contributed by atoms with E-state index in [1.54, 1.807) is 6.07 Å². The minimum Gasteiger partial charge on any atom is -0.324 e. The molecule has 0 radical (unpaired) electrons. The first-order valence-electron chi connectivity index (χ1n) is 5.75. The van der Waals surface area contributed by atoms with E-state index in [1.165, 1.54) is 12.1 Å². The third-order valence-electron chi connectivity index (χ3n) is 2.58. The maximum atomic E-state index is 13.2. The first kappa shape index (κ1) is 13.1. The second-order valence-electron chi connectivity index (χ2n) is 4.46. The molecule has 2 aromatic rings. The van der Waals surface area contributed by atoms with Crippen LogP contribution >= 0.6 is 15.9 Å². The van der Waals surface area contributed by atoms with Crippen molar-refractivity contribution in [1.29, 1.82) is 0 Å². The average Bonchev–Trinajstić information content (AvgIpc) is 2.65. The van der Waals surface area contributed by atoms with Crippen LogP contribution in [0.1, 0.15) is 25.6 Å². The van der Waals surface area contributed by atoms with Crippen LogP contribution in [0, 0.1) is 12.7 Å². The van der Waals surface area contributed by atoms with Crippen LogP contribution in [0.5, 0.6) is 0 Å². The van der Waals surface area contributed by atoms with Crippen LogP contribution < -0.4 is 5.32 Å². The van der Waals surface area contributed by atoms with Crippen molar-refractivity contribution in [3.63, 3.8) is 0 Å². The summed E-state index contributed by atoms with van der Waals surface area (Å²) < 4.78 is 16.1. The molecule has 0 aliphatic heterocycles. The smallest absolute Gasteiger partial charge is 0.207 e. The van der Waals surface area contributed by atoms with E-state index in [9.17, 15) is 4.39 Å². The zero-order chi connectivity index (χ0) is 13.3. The van der Waals surface area contributed by atoms with E-state index in [-0.39, 0.29) is 5.82 Å². The maximum absolute atomic E-state index is 13.2. The van der Waals surface area contributed by atoms with Gasteiger partial charge < -0.3 is 9.88 Å². The number of rotatable bonds is 3. The molecule has 0 fully saturated rings. The van der Waals surface area contributed by atoms with Crippen LogP contribution in [0.4, 0.5) is 16.0 Å². The van der Waals surface area contributed by atoms with Gasteiger partial charge in [0.15, 0.2) is 0 Å². The summed E-state index contributed by atoms with van der Waals surface area (Å²) in [5.41, 5.74) is 1.60. The molecule has 18 heavy (non-hydrogen) atoms. The number of benzene rings is 1. The molecular weight excluding hydrogens is 297 g/mol. The molecule has 0 saturated heterocycles. The molecule has 1 heterocycles. The van der Waals surface area contributed by atoms with Gasteiger partial charge >= 0.3 is 0 Å². The van der Waals surface area contributed by atoms with Crippen molar-refractivity contribution in [2.45, 2.75) is 26.8 Å². The molecule has 0 unspecified atom stereocenters. The predicted molar refractivity (Wildman–Crippen MR) is 74.7 cm³/mol. The third-order valence-corrected chi connectivity index (χ3v) is 3.28. The Morgan fingerprint density at radius 3 is 2.78 bits per heavy atom. The Bertz CT molecular complexity index is 563. The summed E-state index contributed by atoms with van der Waals surface area (Å²) in [4.78, 5) is 4.41. The average molecular weight is 312 g/mol. The number of hydrogen-bond donors (Lipinski definition) is 1. The molecule has 0 amide bonds. The standard InChI is InChI=1S/C13H15BrFN3/c1-8(2)18-7-9(3)16-13(18)17-12-6-10(15)4-5-11(12)14/h4-8H,1-3H3,(H,16,17). The van der Waals surface area contributed by atoms with Crippen LogP contribution in [-0.4, -0.2) is 9.55 Å². The lowest BCUT2D eigenvalue weighted by Crippen LogP contribution is -2.05. The zero-order valence-electron chi connectivity index (χ0n) is 10.5. The Hall–Kier alpha value is -1.36. The summed E-state index contributed by atoms with van der Waals surface area (Å²) in [7, 11) is 0. The lowest BCUT2D eigenvalue weighted by Gasteiger charge is -2.13. The van der Waals surface area contributed by atoms with Crippen molar-refractivity contribution < 1.29 is 4.39 Å². The second kappa shape index (κ2) is 5.10. The molecule has 0 saturated carbocycles. The fraction of sp³-hybridized carbons (Fsp3) is 0.308. The number of halogens is 2. The van der Waals surface area contributed by atoms with Gasteiger partial charge in [0.05, 0.1) is 11.4 Å². The zero-order valence-corrected chi connectivity index (χ0v) is 12.1. The summed E-state index contributed by atoms with van der Waals surface area (Å²) in [6.45, 7) is 6.09. The number of aryl methyl sites for hydroxylation is 1. The predicted octanol–water partition coefficient (Wildman–Crippen LogP) is 4.42. The van der Waals surface area contributed by atoms with E-state index < -0.39 is 0 Å². The Morgan fingerprint density at radius 2 is 2.11 bits per heavy atom. The van der Waals surface area contributed by atoms with Crippen molar-refractivity contribution in [3.8, 4) is 0 Å². The number of aromatic nitrogens is 2. The number of hydrogen-bond acceptors (Lipinski definition) is 2. The van der Waals surface area contributed by atoms with Crippen LogP contribution in [0.25, 0.3) is 0 Å². The van der Waals surface area contributed by atoms with Gasteiger partial charge in [-0.3, -0.25) is 0 Å². The van der Waals surface area contributed by atoms with Gasteiger partial charge in [0.1, 0.15) is 5.82 Å². The molecule has 1 aromatic carbocycles. The van der Waals surface area contributed by atoms with Crippen LogP contribution in [-0.2, 0) is 0 Å². The van der Waals surface area contributed by atoms with Gasteiger partial charge in [-0.1, -0.05) is 0 Å². The monoisotopic (exact) mass is 311 g/mol. The Morgan fingerprint density at radius 1 is 1.39 bits per heavy atom. The normalized spacial score (nSPS) is 11.0. The summed E-state index contributed by atoms with van der Waals surface area (Å²) >= 11 is 3.39. The summed E-state index contributed by atoms with van der Waals surface area (Å²) in [5.74, 6) is 0.439. The van der Waals surface area contributed by atoms with Crippen LogP contribution in [0.15, 0.2) is 28.9 Å². The molecule has 96 valence electrons. The van der Waals surface area contributed by atoms with Crippen molar-refractivity contribution in [1.82, 2.24) is 9.55 Å². The summed E-state index contributed by atoms with van der Waals surface area (Å²) in [6, 6.07) is 4.82. The lowest BCUT2D eigenvalue weighted by atomic mass is 10.3. The largest absolute Gasteiger partial charge is 0.324 e. The van der Waals surface area contributed by atoms with Gasteiger partial charge in [-0.05, 0) is 54.9 Å². The minimum atomic E-state index is -0.278. The maximum Gasteiger partial charge on any atom is 0.207 e. The first-order valence-corrected chi connectivity index (χ1v) is 6.54. The molecule has 0 aliphatic carbocycles. The van der Waals surface area contributed by atoms with Gasteiger partial charge in [0.25, 0.3) is 0 Å². The highest BCUT2D eigenvalue weighted by atomic mass is 79.9. The molecule has 0 atom stereocenters. The third kappa shape index (κ3) is 2.72. The molecule has 1 N–H and O–H groups in total. The van der Waals surface area contributed by atoms with E-state index in [2.05, 4.69) is 40.1 Å². The molecule has 2 rings (SSSR count). The van der Waals surface area contributed by atoms with Gasteiger partial charge in [-0.25, -0.2) is 9.37 Å². The van der Waals surface area contributed by atoms with E-state index >= 15 is 0 Å². The molecule has 0 aliphatic rings. The quantitative estimate of drug-likeness (QED) is 0.909. The van der Waals surface area contributed by atoms with Crippen LogP contribution in [0.2, 0.25) is 0 Å². The summed E-state index contributed by atoms with van der Waals surface area (Å²) in [6.07, 6.45) is 1.97. The first-order chi connectivity index (χ1) is 8.47. The van der Waals surface area contributed by atoms with E-state index in [1.807, 2.05) is 17.7 Å². The van der Waals surface area contributed by atoms with E-state index in [4.69, 9.17) is 0 Å². The molecular formula is C13H15BrFN3. The Balaban J connectivity index is 2.36. The SMILES string of the molecule is Cc1cn(C(C)C)c(Nc2cc(F)ccc2Br)n1. The fourth-order valence-corrected chi connectivity index (χ4v) is 2.06. The second-order valence-corrected chi connectivity index (χ2v) is 5.31. The van der Waals surface area contributed by atoms with Crippen LogP contribution in [0.3, 0.4) is 0 Å². The highest BCUT2D eigenvalue weighted by Gasteiger charge is 2.10. The fourth-order valence-electron chi connectivity index (χ4n) is 1.72. The summed E-state index contributed by atoms with van der Waals surface area (Å²) in [5, 5.41) is 3.15. The van der Waals surface area contributed by atoms with Gasteiger partial charge in [0, 0.05) is 16.7 Å². The molecule has 0 spiro atoms. The van der Waals surface area contributed by atoms with E-state index in [0.717, 1.165) is 10.2 Å². The minimum absolute atomic E-state index is 0.278. The number of nitrogens with one attached hydrogen (secondary N) is 1. The molecule has 3 nitrogen and oxygen atoms in total. The Labute approximate surface area is 114 Å². The van der Waals surface area contributed by atoms with Crippen molar-refractivity contribution in [3.05, 3.63) is 40.4 Å². The topological polar surface area (TPSA) is 29.9 Å². The van der Waals surface area contributed by atoms with Crippen molar-refractivity contribution >= 4 is 27.6 Å². The highest BCUT2D eigenvalue weighted by Crippen LogP contribution is 2.27.